The second kappa shape index (κ2) is 8.13. The second-order valence-electron chi connectivity index (χ2n) is 8.39. The molecule has 0 saturated carbocycles. The topological polar surface area (TPSA) is 53.1 Å². The van der Waals surface area contributed by atoms with Crippen molar-refractivity contribution in [2.75, 3.05) is 24.1 Å². The van der Waals surface area contributed by atoms with Crippen LogP contribution in [0.4, 0.5) is 11.4 Å². The minimum atomic E-state index is -0.829. The zero-order valence-corrected chi connectivity index (χ0v) is 18.1. The molecule has 0 radical (unpaired) electrons. The van der Waals surface area contributed by atoms with Crippen LogP contribution in [0.2, 0.25) is 0 Å². The first-order valence-corrected chi connectivity index (χ1v) is 10.7. The number of amides is 2. The summed E-state index contributed by atoms with van der Waals surface area (Å²) in [6.45, 7) is 0.256. The molecule has 0 aromatic heterocycles. The van der Waals surface area contributed by atoms with E-state index in [0.717, 1.165) is 22.5 Å². The molecule has 2 aliphatic heterocycles. The van der Waals surface area contributed by atoms with Gasteiger partial charge in [-0.3, -0.25) is 19.3 Å². The maximum absolute atomic E-state index is 13.5. The fraction of sp³-hybridized carbons (Fsp3) is 0.231. The van der Waals surface area contributed by atoms with E-state index in [1.165, 1.54) is 4.90 Å². The van der Waals surface area contributed by atoms with Gasteiger partial charge in [0.05, 0.1) is 18.3 Å². The van der Waals surface area contributed by atoms with Gasteiger partial charge in [0.1, 0.15) is 5.92 Å². The molecule has 3 aromatic rings. The van der Waals surface area contributed by atoms with Crippen molar-refractivity contribution in [1.82, 2.24) is 4.90 Å². The molecule has 3 atom stereocenters. The summed E-state index contributed by atoms with van der Waals surface area (Å²) in [4.78, 5) is 36.3. The summed E-state index contributed by atoms with van der Waals surface area (Å²) in [5.41, 5.74) is 3.74. The van der Waals surface area contributed by atoms with Crippen LogP contribution in [0.5, 0.6) is 0 Å². The van der Waals surface area contributed by atoms with Crippen LogP contribution in [0.1, 0.15) is 17.2 Å². The molecule has 0 bridgehead atoms. The Labute approximate surface area is 187 Å². The first-order chi connectivity index (χ1) is 15.5. The van der Waals surface area contributed by atoms with Gasteiger partial charge in [-0.15, -0.1) is 0 Å². The molecule has 0 aliphatic carbocycles. The van der Waals surface area contributed by atoms with Gasteiger partial charge < -0.3 is 4.90 Å². The lowest BCUT2D eigenvalue weighted by Gasteiger charge is -2.29. The molecule has 2 aliphatic rings. The zero-order chi connectivity index (χ0) is 22.2. The molecule has 32 heavy (non-hydrogen) atoms. The van der Waals surface area contributed by atoms with Gasteiger partial charge >= 0.3 is 0 Å². The first-order valence-electron chi connectivity index (χ1n) is 10.7. The van der Waals surface area contributed by atoms with Crippen LogP contribution in [-0.4, -0.2) is 36.9 Å². The number of hydrogen-bond donors (Lipinski definition) is 0. The van der Waals surface area contributed by atoms with E-state index < -0.39 is 18.1 Å². The van der Waals surface area contributed by atoms with Crippen LogP contribution in [0.15, 0.2) is 84.9 Å². The predicted octanol–water partition coefficient (Wildman–Crippen LogP) is 3.80. The maximum Gasteiger partial charge on any atom is 0.262 e. The molecule has 2 amide bonds. The third-order valence-corrected chi connectivity index (χ3v) is 6.15. The SMILES string of the molecule is CN(C)c1ccc([C@@H]2[C@H]3C(=O)N(Cc4ccccc4)C(=O)[C@H]3ON2c2ccccc2)cc1. The number of carbonyl (C=O) groups is 2. The Kier molecular flexibility index (Phi) is 5.15. The van der Waals surface area contributed by atoms with Crippen molar-refractivity contribution in [2.24, 2.45) is 5.92 Å². The van der Waals surface area contributed by atoms with Gasteiger partial charge in [0.2, 0.25) is 5.91 Å². The smallest absolute Gasteiger partial charge is 0.262 e. The molecule has 6 heteroatoms. The molecule has 5 rings (SSSR count). The highest BCUT2D eigenvalue weighted by Gasteiger charge is 2.59. The largest absolute Gasteiger partial charge is 0.378 e. The monoisotopic (exact) mass is 427 g/mol. The van der Waals surface area contributed by atoms with Gasteiger partial charge in [-0.25, -0.2) is 5.06 Å². The highest BCUT2D eigenvalue weighted by atomic mass is 16.7. The number of fused-ring (bicyclic) bond motifs is 1. The number of rotatable bonds is 5. The molecule has 162 valence electrons. The zero-order valence-electron chi connectivity index (χ0n) is 18.1. The summed E-state index contributed by atoms with van der Waals surface area (Å²) >= 11 is 0. The van der Waals surface area contributed by atoms with E-state index in [4.69, 9.17) is 4.84 Å². The molecule has 0 N–H and O–H groups in total. The third-order valence-electron chi connectivity index (χ3n) is 6.15. The van der Waals surface area contributed by atoms with E-state index in [1.807, 2.05) is 104 Å². The summed E-state index contributed by atoms with van der Waals surface area (Å²) < 4.78 is 0. The van der Waals surface area contributed by atoms with Crippen molar-refractivity contribution in [3.05, 3.63) is 96.1 Å². The molecule has 2 fully saturated rings. The fourth-order valence-corrected chi connectivity index (χ4v) is 4.50. The van der Waals surface area contributed by atoms with Crippen molar-refractivity contribution >= 4 is 23.2 Å². The Hall–Kier alpha value is -3.64. The average Bonchev–Trinajstić information content (AvgIpc) is 3.32. The minimum absolute atomic E-state index is 0.191. The number of anilines is 2. The Balaban J connectivity index is 1.51. The van der Waals surface area contributed by atoms with Gasteiger partial charge in [-0.05, 0) is 35.4 Å². The number of hydrogen-bond acceptors (Lipinski definition) is 5. The van der Waals surface area contributed by atoms with E-state index in [1.54, 1.807) is 5.06 Å². The highest BCUT2D eigenvalue weighted by molar-refractivity contribution is 6.07. The number of carbonyl (C=O) groups excluding carboxylic acids is 2. The lowest BCUT2D eigenvalue weighted by atomic mass is 9.90. The van der Waals surface area contributed by atoms with Gasteiger partial charge in [-0.1, -0.05) is 60.7 Å². The Morgan fingerprint density at radius 1 is 0.812 bits per heavy atom. The summed E-state index contributed by atoms with van der Waals surface area (Å²) in [6.07, 6.45) is -0.829. The number of likely N-dealkylation sites (tertiary alicyclic amines) is 1. The van der Waals surface area contributed by atoms with Gasteiger partial charge in [-0.2, -0.15) is 0 Å². The Morgan fingerprint density at radius 2 is 1.44 bits per heavy atom. The second-order valence-corrected chi connectivity index (χ2v) is 8.39. The van der Waals surface area contributed by atoms with Crippen LogP contribution in [-0.2, 0) is 21.0 Å². The fourth-order valence-electron chi connectivity index (χ4n) is 4.50. The predicted molar refractivity (Wildman–Crippen MR) is 123 cm³/mol. The van der Waals surface area contributed by atoms with Gasteiger partial charge in [0, 0.05) is 19.8 Å². The van der Waals surface area contributed by atoms with Crippen molar-refractivity contribution in [1.29, 1.82) is 0 Å². The molecular formula is C26H25N3O3. The normalized spacial score (nSPS) is 22.4. The Bertz CT molecular complexity index is 1120. The summed E-state index contributed by atoms with van der Waals surface area (Å²) in [6, 6.07) is 26.9. The molecule has 0 unspecified atom stereocenters. The van der Waals surface area contributed by atoms with Gasteiger partial charge in [0.25, 0.3) is 5.91 Å². The van der Waals surface area contributed by atoms with Crippen LogP contribution < -0.4 is 9.96 Å². The third kappa shape index (κ3) is 3.42. The summed E-state index contributed by atoms with van der Waals surface area (Å²) in [5, 5.41) is 1.73. The lowest BCUT2D eigenvalue weighted by Crippen LogP contribution is -2.36. The lowest BCUT2D eigenvalue weighted by molar-refractivity contribution is -0.143. The molecule has 2 heterocycles. The maximum atomic E-state index is 13.5. The first kappa shape index (κ1) is 20.3. The summed E-state index contributed by atoms with van der Waals surface area (Å²) in [7, 11) is 3.97. The van der Waals surface area contributed by atoms with Crippen LogP contribution in [0.3, 0.4) is 0 Å². The van der Waals surface area contributed by atoms with Crippen LogP contribution in [0.25, 0.3) is 0 Å². The van der Waals surface area contributed by atoms with E-state index >= 15 is 0 Å². The van der Waals surface area contributed by atoms with E-state index in [9.17, 15) is 9.59 Å². The quantitative estimate of drug-likeness (QED) is 0.580. The van der Waals surface area contributed by atoms with Crippen molar-refractivity contribution in [2.45, 2.75) is 18.7 Å². The molecular weight excluding hydrogens is 402 g/mol. The van der Waals surface area contributed by atoms with Crippen molar-refractivity contribution < 1.29 is 14.4 Å². The van der Waals surface area contributed by atoms with E-state index in [-0.39, 0.29) is 18.4 Å². The van der Waals surface area contributed by atoms with Crippen molar-refractivity contribution in [3.8, 4) is 0 Å². The van der Waals surface area contributed by atoms with Crippen LogP contribution in [0, 0.1) is 5.92 Å². The molecule has 6 nitrogen and oxygen atoms in total. The Morgan fingerprint density at radius 3 is 2.06 bits per heavy atom. The highest BCUT2D eigenvalue weighted by Crippen LogP contribution is 2.47. The number of hydroxylamine groups is 1. The van der Waals surface area contributed by atoms with Gasteiger partial charge in [0.15, 0.2) is 6.10 Å². The number of imide groups is 1. The molecule has 2 saturated heterocycles. The van der Waals surface area contributed by atoms with Crippen LogP contribution >= 0.6 is 0 Å². The molecule has 3 aromatic carbocycles. The molecule has 0 spiro atoms. The van der Waals surface area contributed by atoms with E-state index in [2.05, 4.69) is 0 Å². The number of para-hydroxylation sites is 1. The number of nitrogens with zero attached hydrogens (tertiary/aromatic N) is 3. The van der Waals surface area contributed by atoms with Crippen molar-refractivity contribution in [3.63, 3.8) is 0 Å². The minimum Gasteiger partial charge on any atom is -0.378 e. The van der Waals surface area contributed by atoms with E-state index in [0.29, 0.717) is 0 Å². The average molecular weight is 428 g/mol. The number of benzene rings is 3. The summed E-state index contributed by atoms with van der Waals surface area (Å²) in [5.74, 6) is -1.07. The standard InChI is InChI=1S/C26H25N3O3/c1-27(2)20-15-13-19(14-16-20)23-22-24(32-29(23)21-11-7-4-8-12-21)26(31)28(25(22)30)17-18-9-5-3-6-10-18/h3-16,22-24H,17H2,1-2H3/t22-,23-,24+/m1/s1.